The molecule has 0 amide bonds. The molecule has 108 valence electrons. The van der Waals surface area contributed by atoms with E-state index in [4.69, 9.17) is 15.9 Å². The van der Waals surface area contributed by atoms with Crippen LogP contribution in [0.3, 0.4) is 0 Å². The molecule has 5 nitrogen and oxygen atoms in total. The summed E-state index contributed by atoms with van der Waals surface area (Å²) in [6.07, 6.45) is 2.69. The highest BCUT2D eigenvalue weighted by Crippen LogP contribution is 2.31. The molecule has 1 aliphatic rings. The summed E-state index contributed by atoms with van der Waals surface area (Å²) in [4.78, 5) is 6.40. The first-order valence-corrected chi connectivity index (χ1v) is 7.00. The molecule has 0 aliphatic carbocycles. The van der Waals surface area contributed by atoms with E-state index in [0.717, 1.165) is 43.1 Å². The van der Waals surface area contributed by atoms with Crippen LogP contribution in [0.1, 0.15) is 17.7 Å². The summed E-state index contributed by atoms with van der Waals surface area (Å²) in [7, 11) is 0. The SMILES string of the molecule is N=C(N)c1cc(CN2CCCOc3ccccc32)ccn1. The van der Waals surface area contributed by atoms with Crippen LogP contribution in [-0.4, -0.2) is 24.0 Å². The predicted octanol–water partition coefficient (Wildman–Crippen LogP) is 2.15. The lowest BCUT2D eigenvalue weighted by Gasteiger charge is -2.24. The van der Waals surface area contributed by atoms with Gasteiger partial charge in [-0.05, 0) is 36.2 Å². The molecule has 0 saturated heterocycles. The highest BCUT2D eigenvalue weighted by atomic mass is 16.5. The molecule has 2 aromatic rings. The summed E-state index contributed by atoms with van der Waals surface area (Å²) in [5, 5.41) is 7.49. The maximum Gasteiger partial charge on any atom is 0.142 e. The number of para-hydroxylation sites is 2. The van der Waals surface area contributed by atoms with Gasteiger partial charge in [0.05, 0.1) is 12.3 Å². The summed E-state index contributed by atoms with van der Waals surface area (Å²) < 4.78 is 5.77. The quantitative estimate of drug-likeness (QED) is 0.668. The van der Waals surface area contributed by atoms with Crippen molar-refractivity contribution in [2.45, 2.75) is 13.0 Å². The molecule has 0 spiro atoms. The molecule has 0 unspecified atom stereocenters. The van der Waals surface area contributed by atoms with Gasteiger partial charge in [-0.2, -0.15) is 0 Å². The van der Waals surface area contributed by atoms with Crippen LogP contribution in [0.5, 0.6) is 5.75 Å². The number of nitrogen functional groups attached to an aromatic ring is 1. The number of amidine groups is 1. The van der Waals surface area contributed by atoms with Gasteiger partial charge in [-0.3, -0.25) is 10.4 Å². The summed E-state index contributed by atoms with van der Waals surface area (Å²) in [6, 6.07) is 11.9. The summed E-state index contributed by atoms with van der Waals surface area (Å²) >= 11 is 0. The van der Waals surface area contributed by atoms with Crippen LogP contribution in [0.15, 0.2) is 42.6 Å². The van der Waals surface area contributed by atoms with Crippen molar-refractivity contribution < 1.29 is 4.74 Å². The molecule has 0 radical (unpaired) electrons. The number of ether oxygens (including phenoxy) is 1. The van der Waals surface area contributed by atoms with Crippen LogP contribution in [-0.2, 0) is 6.54 Å². The standard InChI is InChI=1S/C16H18N4O/c17-16(18)13-10-12(6-7-19-13)11-20-8-3-9-21-15-5-2-1-4-14(15)20/h1-2,4-7,10H,3,8-9,11H2,(H3,17,18). The molecule has 0 fully saturated rings. The monoisotopic (exact) mass is 282 g/mol. The third-order valence-corrected chi connectivity index (χ3v) is 3.51. The number of benzene rings is 1. The molecular weight excluding hydrogens is 264 g/mol. The lowest BCUT2D eigenvalue weighted by atomic mass is 10.2. The van der Waals surface area contributed by atoms with E-state index in [1.165, 1.54) is 0 Å². The highest BCUT2D eigenvalue weighted by molar-refractivity contribution is 5.93. The second-order valence-electron chi connectivity index (χ2n) is 5.05. The first-order valence-electron chi connectivity index (χ1n) is 7.00. The Morgan fingerprint density at radius 3 is 3.05 bits per heavy atom. The highest BCUT2D eigenvalue weighted by Gasteiger charge is 2.16. The van der Waals surface area contributed by atoms with Crippen LogP contribution < -0.4 is 15.4 Å². The number of aromatic nitrogens is 1. The number of hydrogen-bond donors (Lipinski definition) is 2. The molecule has 2 heterocycles. The maximum atomic E-state index is 7.49. The van der Waals surface area contributed by atoms with Crippen molar-refractivity contribution in [3.8, 4) is 5.75 Å². The zero-order valence-corrected chi connectivity index (χ0v) is 11.7. The fraction of sp³-hybridized carbons (Fsp3) is 0.250. The van der Waals surface area contributed by atoms with Gasteiger partial charge < -0.3 is 15.4 Å². The number of nitrogens with zero attached hydrogens (tertiary/aromatic N) is 2. The largest absolute Gasteiger partial charge is 0.491 e. The van der Waals surface area contributed by atoms with Gasteiger partial charge in [0.2, 0.25) is 0 Å². The number of hydrogen-bond acceptors (Lipinski definition) is 4. The van der Waals surface area contributed by atoms with Crippen LogP contribution in [0.4, 0.5) is 5.69 Å². The van der Waals surface area contributed by atoms with Crippen molar-refractivity contribution in [1.29, 1.82) is 5.41 Å². The third-order valence-electron chi connectivity index (χ3n) is 3.51. The number of pyridine rings is 1. The Labute approximate surface area is 123 Å². The Kier molecular flexibility index (Phi) is 3.73. The van der Waals surface area contributed by atoms with E-state index >= 15 is 0 Å². The lowest BCUT2D eigenvalue weighted by molar-refractivity contribution is 0.322. The molecule has 1 aromatic carbocycles. The molecule has 3 rings (SSSR count). The molecular formula is C16H18N4O. The first kappa shape index (κ1) is 13.4. The van der Waals surface area contributed by atoms with Gasteiger partial charge >= 0.3 is 0 Å². The van der Waals surface area contributed by atoms with Crippen LogP contribution in [0.25, 0.3) is 0 Å². The van der Waals surface area contributed by atoms with E-state index in [9.17, 15) is 0 Å². The second kappa shape index (κ2) is 5.83. The Bertz CT molecular complexity index is 656. The van der Waals surface area contributed by atoms with Crippen molar-refractivity contribution >= 4 is 11.5 Å². The second-order valence-corrected chi connectivity index (χ2v) is 5.05. The molecule has 1 aromatic heterocycles. The van der Waals surface area contributed by atoms with Gasteiger partial charge in [0, 0.05) is 19.3 Å². The van der Waals surface area contributed by atoms with E-state index < -0.39 is 0 Å². The lowest BCUT2D eigenvalue weighted by Crippen LogP contribution is -2.23. The van der Waals surface area contributed by atoms with Crippen molar-refractivity contribution in [1.82, 2.24) is 4.98 Å². The van der Waals surface area contributed by atoms with E-state index in [-0.39, 0.29) is 5.84 Å². The molecule has 0 atom stereocenters. The van der Waals surface area contributed by atoms with Gasteiger partial charge in [0.25, 0.3) is 0 Å². The fourth-order valence-corrected chi connectivity index (χ4v) is 2.50. The maximum absolute atomic E-state index is 7.49. The van der Waals surface area contributed by atoms with Crippen molar-refractivity contribution in [2.24, 2.45) is 5.73 Å². The Hall–Kier alpha value is -2.56. The number of fused-ring (bicyclic) bond motifs is 1. The number of anilines is 1. The first-order chi connectivity index (χ1) is 10.2. The number of rotatable bonds is 3. The van der Waals surface area contributed by atoms with E-state index in [1.807, 2.05) is 30.3 Å². The number of nitrogens with one attached hydrogen (secondary N) is 1. The summed E-state index contributed by atoms with van der Waals surface area (Å²) in [6.45, 7) is 2.43. The summed E-state index contributed by atoms with van der Waals surface area (Å²) in [5.74, 6) is 0.923. The third kappa shape index (κ3) is 2.97. The molecule has 1 aliphatic heterocycles. The topological polar surface area (TPSA) is 75.2 Å². The Morgan fingerprint density at radius 2 is 2.19 bits per heavy atom. The molecule has 5 heteroatoms. The van der Waals surface area contributed by atoms with Crippen LogP contribution in [0, 0.1) is 5.41 Å². The van der Waals surface area contributed by atoms with Crippen molar-refractivity contribution in [3.63, 3.8) is 0 Å². The summed E-state index contributed by atoms with van der Waals surface area (Å²) in [5.41, 5.74) is 8.22. The zero-order valence-electron chi connectivity index (χ0n) is 11.7. The van der Waals surface area contributed by atoms with E-state index in [2.05, 4.69) is 16.0 Å². The molecule has 3 N–H and O–H groups in total. The minimum absolute atomic E-state index is 0.00329. The van der Waals surface area contributed by atoms with Gasteiger partial charge in [-0.1, -0.05) is 12.1 Å². The predicted molar refractivity (Wildman–Crippen MR) is 82.9 cm³/mol. The van der Waals surface area contributed by atoms with E-state index in [1.54, 1.807) is 6.20 Å². The normalized spacial score (nSPS) is 14.0. The van der Waals surface area contributed by atoms with E-state index in [0.29, 0.717) is 5.69 Å². The fourth-order valence-electron chi connectivity index (χ4n) is 2.50. The van der Waals surface area contributed by atoms with Gasteiger partial charge in [-0.25, -0.2) is 0 Å². The van der Waals surface area contributed by atoms with Crippen molar-refractivity contribution in [2.75, 3.05) is 18.1 Å². The average molecular weight is 282 g/mol. The number of nitrogens with two attached hydrogens (primary N) is 1. The van der Waals surface area contributed by atoms with Gasteiger partial charge in [0.15, 0.2) is 0 Å². The van der Waals surface area contributed by atoms with Gasteiger partial charge in [-0.15, -0.1) is 0 Å². The average Bonchev–Trinajstić information content (AvgIpc) is 2.70. The molecule has 0 bridgehead atoms. The molecule has 0 saturated carbocycles. The van der Waals surface area contributed by atoms with Crippen LogP contribution in [0.2, 0.25) is 0 Å². The minimum Gasteiger partial charge on any atom is -0.491 e. The smallest absolute Gasteiger partial charge is 0.142 e. The minimum atomic E-state index is -0.00329. The van der Waals surface area contributed by atoms with Crippen LogP contribution >= 0.6 is 0 Å². The molecule has 21 heavy (non-hydrogen) atoms. The Balaban J connectivity index is 1.87. The Morgan fingerprint density at radius 1 is 1.33 bits per heavy atom. The zero-order chi connectivity index (χ0) is 14.7. The van der Waals surface area contributed by atoms with Crippen molar-refractivity contribution in [3.05, 3.63) is 53.9 Å². The van der Waals surface area contributed by atoms with Gasteiger partial charge in [0.1, 0.15) is 17.3 Å².